The molecule has 27 heavy (non-hydrogen) atoms. The molecule has 0 aliphatic heterocycles. The van der Waals surface area contributed by atoms with Gasteiger partial charge in [0.05, 0.1) is 26.9 Å². The van der Waals surface area contributed by atoms with Crippen molar-refractivity contribution in [1.29, 1.82) is 0 Å². The quantitative estimate of drug-likeness (QED) is 0.576. The topological polar surface area (TPSA) is 60.7 Å². The molecule has 5 nitrogen and oxygen atoms in total. The number of hydrogen-bond acceptors (Lipinski definition) is 4. The maximum Gasteiger partial charge on any atom is 0.326 e. The molecule has 0 N–H and O–H groups in total. The summed E-state index contributed by atoms with van der Waals surface area (Å²) in [5, 5.41) is 0.663. The van der Waals surface area contributed by atoms with Crippen molar-refractivity contribution in [3.8, 4) is 0 Å². The van der Waals surface area contributed by atoms with Crippen LogP contribution in [0.3, 0.4) is 0 Å². The van der Waals surface area contributed by atoms with E-state index < -0.39 is 5.97 Å². The number of nitrogens with zero attached hydrogens (tertiary/aromatic N) is 2. The molecule has 140 valence electrons. The third-order valence-electron chi connectivity index (χ3n) is 3.90. The van der Waals surface area contributed by atoms with Gasteiger partial charge in [0, 0.05) is 5.56 Å². The molecular formula is C19H16Cl2N2O3S. The lowest BCUT2D eigenvalue weighted by molar-refractivity contribution is -0.143. The zero-order valence-corrected chi connectivity index (χ0v) is 17.0. The van der Waals surface area contributed by atoms with Crippen LogP contribution < -0.4 is 4.80 Å². The van der Waals surface area contributed by atoms with Gasteiger partial charge in [-0.3, -0.25) is 9.59 Å². The van der Waals surface area contributed by atoms with Crippen molar-refractivity contribution in [2.75, 3.05) is 6.61 Å². The van der Waals surface area contributed by atoms with E-state index in [-0.39, 0.29) is 19.1 Å². The van der Waals surface area contributed by atoms with E-state index in [0.29, 0.717) is 25.9 Å². The molecule has 0 fully saturated rings. The van der Waals surface area contributed by atoms with Crippen LogP contribution in [-0.4, -0.2) is 23.1 Å². The number of amides is 1. The Morgan fingerprint density at radius 3 is 2.63 bits per heavy atom. The molecule has 0 saturated carbocycles. The van der Waals surface area contributed by atoms with Crippen LogP contribution in [0.5, 0.6) is 0 Å². The van der Waals surface area contributed by atoms with Gasteiger partial charge in [-0.05, 0) is 37.6 Å². The third kappa shape index (κ3) is 4.08. The molecule has 0 unspecified atom stereocenters. The van der Waals surface area contributed by atoms with Gasteiger partial charge in [-0.2, -0.15) is 4.99 Å². The number of esters is 1. The van der Waals surface area contributed by atoms with Crippen molar-refractivity contribution >= 4 is 56.6 Å². The number of carbonyl (C=O) groups is 2. The van der Waals surface area contributed by atoms with Crippen molar-refractivity contribution in [2.24, 2.45) is 4.99 Å². The molecule has 0 radical (unpaired) electrons. The smallest absolute Gasteiger partial charge is 0.326 e. The van der Waals surface area contributed by atoms with Crippen LogP contribution >= 0.6 is 34.5 Å². The van der Waals surface area contributed by atoms with Crippen molar-refractivity contribution in [3.05, 3.63) is 62.4 Å². The number of hydrogen-bond donors (Lipinski definition) is 0. The highest BCUT2D eigenvalue weighted by molar-refractivity contribution is 7.16. The van der Waals surface area contributed by atoms with Crippen molar-refractivity contribution < 1.29 is 14.3 Å². The Balaban J connectivity index is 2.19. The van der Waals surface area contributed by atoms with E-state index in [9.17, 15) is 9.59 Å². The van der Waals surface area contributed by atoms with E-state index in [1.807, 2.05) is 19.1 Å². The highest BCUT2D eigenvalue weighted by atomic mass is 35.5. The fourth-order valence-corrected chi connectivity index (χ4v) is 4.14. The van der Waals surface area contributed by atoms with E-state index >= 15 is 0 Å². The van der Waals surface area contributed by atoms with Gasteiger partial charge in [0.2, 0.25) is 0 Å². The van der Waals surface area contributed by atoms with Crippen LogP contribution in [0, 0.1) is 6.92 Å². The summed E-state index contributed by atoms with van der Waals surface area (Å²) in [6, 6.07) is 10.7. The highest BCUT2D eigenvalue weighted by Gasteiger charge is 2.17. The van der Waals surface area contributed by atoms with Crippen molar-refractivity contribution in [2.45, 2.75) is 20.4 Å². The number of aryl methyl sites for hydroxylation is 1. The van der Waals surface area contributed by atoms with Gasteiger partial charge in [-0.15, -0.1) is 0 Å². The van der Waals surface area contributed by atoms with Crippen molar-refractivity contribution in [3.63, 3.8) is 0 Å². The van der Waals surface area contributed by atoms with E-state index in [1.165, 1.54) is 11.3 Å². The zero-order valence-electron chi connectivity index (χ0n) is 14.7. The van der Waals surface area contributed by atoms with E-state index in [4.69, 9.17) is 27.9 Å². The van der Waals surface area contributed by atoms with Gasteiger partial charge in [0.15, 0.2) is 4.80 Å². The number of rotatable bonds is 4. The monoisotopic (exact) mass is 422 g/mol. The van der Waals surface area contributed by atoms with E-state index in [0.717, 1.165) is 10.3 Å². The Bertz CT molecular complexity index is 1100. The Kier molecular flexibility index (Phi) is 5.99. The van der Waals surface area contributed by atoms with Gasteiger partial charge in [0.25, 0.3) is 5.91 Å². The number of thiazole rings is 1. The maximum absolute atomic E-state index is 12.7. The SMILES string of the molecule is CCOC(=O)Cn1c(=NC(=O)c2ccccc2C)sc2ccc(Cl)c(Cl)c21. The molecule has 1 aromatic heterocycles. The maximum atomic E-state index is 12.7. The summed E-state index contributed by atoms with van der Waals surface area (Å²) in [7, 11) is 0. The molecule has 1 heterocycles. The lowest BCUT2D eigenvalue weighted by Gasteiger charge is -2.07. The number of benzene rings is 2. The molecule has 2 aromatic carbocycles. The van der Waals surface area contributed by atoms with Crippen LogP contribution in [0.15, 0.2) is 41.4 Å². The summed E-state index contributed by atoms with van der Waals surface area (Å²) in [6.07, 6.45) is 0. The summed E-state index contributed by atoms with van der Waals surface area (Å²) < 4.78 is 7.38. The van der Waals surface area contributed by atoms with Crippen molar-refractivity contribution in [1.82, 2.24) is 4.57 Å². The molecule has 1 amide bonds. The first-order valence-corrected chi connectivity index (χ1v) is 9.77. The minimum atomic E-state index is -0.446. The van der Waals surface area contributed by atoms with Crippen LogP contribution in [0.2, 0.25) is 10.0 Å². The molecular weight excluding hydrogens is 407 g/mol. The fraction of sp³-hybridized carbons (Fsp3) is 0.211. The molecule has 8 heteroatoms. The number of halogens is 2. The summed E-state index contributed by atoms with van der Waals surface area (Å²) in [6.45, 7) is 3.71. The Hall–Kier alpha value is -2.15. The van der Waals surface area contributed by atoms with Crippen LogP contribution in [0.4, 0.5) is 0 Å². The van der Waals surface area contributed by atoms with Gasteiger partial charge < -0.3 is 9.30 Å². The molecule has 0 saturated heterocycles. The van der Waals surface area contributed by atoms with Gasteiger partial charge >= 0.3 is 5.97 Å². The Morgan fingerprint density at radius 2 is 1.93 bits per heavy atom. The van der Waals surface area contributed by atoms with Gasteiger partial charge in [-0.25, -0.2) is 0 Å². The largest absolute Gasteiger partial charge is 0.465 e. The molecule has 0 aliphatic carbocycles. The predicted molar refractivity (Wildman–Crippen MR) is 108 cm³/mol. The third-order valence-corrected chi connectivity index (χ3v) is 5.74. The summed E-state index contributed by atoms with van der Waals surface area (Å²) in [5.41, 5.74) is 1.88. The average molecular weight is 423 g/mol. The highest BCUT2D eigenvalue weighted by Crippen LogP contribution is 2.32. The van der Waals surface area contributed by atoms with Gasteiger partial charge in [-0.1, -0.05) is 52.7 Å². The number of carbonyl (C=O) groups excluding carboxylic acids is 2. The minimum absolute atomic E-state index is 0.117. The Labute approximate surface area is 169 Å². The summed E-state index contributed by atoms with van der Waals surface area (Å²) >= 11 is 13.8. The normalized spacial score (nSPS) is 11.8. The average Bonchev–Trinajstić information content (AvgIpc) is 2.96. The van der Waals surface area contributed by atoms with Crippen LogP contribution in [0.25, 0.3) is 10.2 Å². The number of aromatic nitrogens is 1. The molecule has 0 atom stereocenters. The molecule has 0 spiro atoms. The number of ether oxygens (including phenoxy) is 1. The van der Waals surface area contributed by atoms with E-state index in [2.05, 4.69) is 4.99 Å². The first kappa shape index (κ1) is 19.6. The van der Waals surface area contributed by atoms with Crippen LogP contribution in [0.1, 0.15) is 22.8 Å². The summed E-state index contributed by atoms with van der Waals surface area (Å²) in [4.78, 5) is 29.4. The second-order valence-electron chi connectivity index (χ2n) is 5.72. The lowest BCUT2D eigenvalue weighted by Crippen LogP contribution is -2.23. The van der Waals surface area contributed by atoms with E-state index in [1.54, 1.807) is 35.8 Å². The molecule has 0 bridgehead atoms. The number of fused-ring (bicyclic) bond motifs is 1. The minimum Gasteiger partial charge on any atom is -0.465 e. The van der Waals surface area contributed by atoms with Crippen LogP contribution in [-0.2, 0) is 16.1 Å². The predicted octanol–water partition coefficient (Wildman–Crippen LogP) is 4.62. The molecule has 3 aromatic rings. The second kappa shape index (κ2) is 8.25. The second-order valence-corrected chi connectivity index (χ2v) is 7.51. The molecule has 3 rings (SSSR count). The first-order valence-electron chi connectivity index (χ1n) is 8.20. The molecule has 0 aliphatic rings. The summed E-state index contributed by atoms with van der Waals surface area (Å²) in [5.74, 6) is -0.836. The zero-order chi connectivity index (χ0) is 19.6. The Morgan fingerprint density at radius 1 is 1.19 bits per heavy atom. The first-order chi connectivity index (χ1) is 12.9. The standard InChI is InChI=1S/C19H16Cl2N2O3S/c1-3-26-15(24)10-23-17-14(9-8-13(20)16(17)21)27-19(23)22-18(25)12-7-5-4-6-11(12)2/h4-9H,3,10H2,1-2H3. The fourth-order valence-electron chi connectivity index (χ4n) is 2.63. The lowest BCUT2D eigenvalue weighted by atomic mass is 10.1. The van der Waals surface area contributed by atoms with Gasteiger partial charge in [0.1, 0.15) is 6.54 Å².